The van der Waals surface area contributed by atoms with Crippen LogP contribution in [0.25, 0.3) is 0 Å². The fourth-order valence-corrected chi connectivity index (χ4v) is 1.17. The van der Waals surface area contributed by atoms with Gasteiger partial charge in [-0.2, -0.15) is 0 Å². The molecule has 0 heterocycles. The SMILES string of the molecule is C=CCC(NC(=O)NCCC(=O)NCC)C(=O)O. The monoisotopic (exact) mass is 257 g/mol. The zero-order chi connectivity index (χ0) is 14.0. The van der Waals surface area contributed by atoms with Crippen LogP contribution < -0.4 is 16.0 Å². The second-order valence-electron chi connectivity index (χ2n) is 3.52. The van der Waals surface area contributed by atoms with Crippen LogP contribution in [0, 0.1) is 0 Å². The highest BCUT2D eigenvalue weighted by Crippen LogP contribution is 1.92. The van der Waals surface area contributed by atoms with Crippen molar-refractivity contribution >= 4 is 17.9 Å². The highest BCUT2D eigenvalue weighted by molar-refractivity contribution is 5.83. The quantitative estimate of drug-likeness (QED) is 0.453. The predicted molar refractivity (Wildman–Crippen MR) is 66.1 cm³/mol. The summed E-state index contributed by atoms with van der Waals surface area (Å²) in [5, 5.41) is 16.0. The molecule has 0 bridgehead atoms. The molecule has 3 amide bonds. The van der Waals surface area contributed by atoms with Gasteiger partial charge in [0.25, 0.3) is 0 Å². The third kappa shape index (κ3) is 7.26. The Labute approximate surface area is 106 Å². The molecule has 0 aromatic rings. The molecule has 0 saturated heterocycles. The Hall–Kier alpha value is -2.05. The number of carboxylic acids is 1. The second kappa shape index (κ2) is 9.03. The number of urea groups is 1. The van der Waals surface area contributed by atoms with Crippen molar-refractivity contribution < 1.29 is 19.5 Å². The number of rotatable bonds is 8. The summed E-state index contributed by atoms with van der Waals surface area (Å²) in [5.41, 5.74) is 0. The summed E-state index contributed by atoms with van der Waals surface area (Å²) in [6, 6.07) is -1.62. The van der Waals surface area contributed by atoms with Gasteiger partial charge in [0.1, 0.15) is 6.04 Å². The Morgan fingerprint density at radius 2 is 2.00 bits per heavy atom. The molecule has 4 N–H and O–H groups in total. The van der Waals surface area contributed by atoms with Gasteiger partial charge in [-0.15, -0.1) is 6.58 Å². The first-order valence-corrected chi connectivity index (χ1v) is 5.66. The van der Waals surface area contributed by atoms with E-state index in [0.717, 1.165) is 0 Å². The van der Waals surface area contributed by atoms with Crippen molar-refractivity contribution in [3.63, 3.8) is 0 Å². The molecular weight excluding hydrogens is 238 g/mol. The first-order valence-electron chi connectivity index (χ1n) is 5.66. The number of amides is 3. The maximum absolute atomic E-state index is 11.3. The summed E-state index contributed by atoms with van der Waals surface area (Å²) in [4.78, 5) is 33.1. The normalized spacial score (nSPS) is 11.2. The molecule has 0 aliphatic heterocycles. The van der Waals surface area contributed by atoms with Gasteiger partial charge < -0.3 is 21.1 Å². The van der Waals surface area contributed by atoms with Crippen molar-refractivity contribution in [2.75, 3.05) is 13.1 Å². The summed E-state index contributed by atoms with van der Waals surface area (Å²) in [6.07, 6.45) is 1.70. The number of nitrogens with one attached hydrogen (secondary N) is 3. The van der Waals surface area contributed by atoms with E-state index >= 15 is 0 Å². The van der Waals surface area contributed by atoms with Crippen LogP contribution in [-0.2, 0) is 9.59 Å². The molecule has 0 radical (unpaired) electrons. The van der Waals surface area contributed by atoms with Gasteiger partial charge in [0.2, 0.25) is 5.91 Å². The van der Waals surface area contributed by atoms with Gasteiger partial charge in [-0.25, -0.2) is 9.59 Å². The smallest absolute Gasteiger partial charge is 0.326 e. The zero-order valence-electron chi connectivity index (χ0n) is 10.4. The third-order valence-corrected chi connectivity index (χ3v) is 2.02. The van der Waals surface area contributed by atoms with E-state index in [2.05, 4.69) is 22.5 Å². The molecule has 0 aromatic heterocycles. The molecule has 0 aliphatic rings. The number of carbonyl (C=O) groups excluding carboxylic acids is 2. The van der Waals surface area contributed by atoms with E-state index in [4.69, 9.17) is 5.11 Å². The molecule has 0 spiro atoms. The second-order valence-corrected chi connectivity index (χ2v) is 3.52. The summed E-state index contributed by atoms with van der Waals surface area (Å²) in [7, 11) is 0. The maximum atomic E-state index is 11.3. The van der Waals surface area contributed by atoms with Crippen LogP contribution >= 0.6 is 0 Å². The number of hydrogen-bond donors (Lipinski definition) is 4. The highest BCUT2D eigenvalue weighted by atomic mass is 16.4. The zero-order valence-corrected chi connectivity index (χ0v) is 10.4. The number of aliphatic carboxylic acids is 1. The van der Waals surface area contributed by atoms with Gasteiger partial charge in [-0.1, -0.05) is 6.08 Å². The fourth-order valence-electron chi connectivity index (χ4n) is 1.17. The van der Waals surface area contributed by atoms with Gasteiger partial charge in [0, 0.05) is 19.5 Å². The summed E-state index contributed by atoms with van der Waals surface area (Å²) < 4.78 is 0. The molecule has 102 valence electrons. The van der Waals surface area contributed by atoms with Crippen molar-refractivity contribution in [2.24, 2.45) is 0 Å². The van der Waals surface area contributed by atoms with Gasteiger partial charge >= 0.3 is 12.0 Å². The van der Waals surface area contributed by atoms with Crippen molar-refractivity contribution in [1.29, 1.82) is 0 Å². The number of carboxylic acid groups (broad SMARTS) is 1. The Balaban J connectivity index is 3.91. The van der Waals surface area contributed by atoms with Crippen LogP contribution in [0.4, 0.5) is 4.79 Å². The molecule has 0 rings (SSSR count). The molecule has 1 unspecified atom stereocenters. The minimum atomic E-state index is -1.13. The number of hydrogen-bond acceptors (Lipinski definition) is 3. The predicted octanol–water partition coefficient (Wildman–Crippen LogP) is -0.159. The van der Waals surface area contributed by atoms with Crippen molar-refractivity contribution in [2.45, 2.75) is 25.8 Å². The van der Waals surface area contributed by atoms with Gasteiger partial charge in [0.05, 0.1) is 0 Å². The van der Waals surface area contributed by atoms with Crippen molar-refractivity contribution in [3.05, 3.63) is 12.7 Å². The summed E-state index contributed by atoms with van der Waals surface area (Å²) in [5.74, 6) is -1.30. The van der Waals surface area contributed by atoms with Crippen LogP contribution in [0.3, 0.4) is 0 Å². The average molecular weight is 257 g/mol. The maximum Gasteiger partial charge on any atom is 0.326 e. The fraction of sp³-hybridized carbons (Fsp3) is 0.545. The van der Waals surface area contributed by atoms with E-state index in [1.54, 1.807) is 6.92 Å². The minimum absolute atomic E-state index is 0.138. The van der Waals surface area contributed by atoms with E-state index < -0.39 is 18.0 Å². The van der Waals surface area contributed by atoms with E-state index in [-0.39, 0.29) is 25.3 Å². The molecular formula is C11H19N3O4. The Morgan fingerprint density at radius 1 is 1.33 bits per heavy atom. The molecule has 0 aliphatic carbocycles. The lowest BCUT2D eigenvalue weighted by Crippen LogP contribution is -2.46. The van der Waals surface area contributed by atoms with E-state index in [1.807, 2.05) is 0 Å². The lowest BCUT2D eigenvalue weighted by atomic mass is 10.2. The molecule has 18 heavy (non-hydrogen) atoms. The lowest BCUT2D eigenvalue weighted by Gasteiger charge is -2.13. The molecule has 7 heteroatoms. The lowest BCUT2D eigenvalue weighted by molar-refractivity contribution is -0.139. The molecule has 0 saturated carbocycles. The van der Waals surface area contributed by atoms with Crippen LogP contribution in [0.1, 0.15) is 19.8 Å². The highest BCUT2D eigenvalue weighted by Gasteiger charge is 2.17. The summed E-state index contributed by atoms with van der Waals surface area (Å²) in [6.45, 7) is 5.89. The largest absolute Gasteiger partial charge is 0.480 e. The topological polar surface area (TPSA) is 108 Å². The molecule has 1 atom stereocenters. The van der Waals surface area contributed by atoms with Gasteiger partial charge in [-0.3, -0.25) is 4.79 Å². The molecule has 0 fully saturated rings. The van der Waals surface area contributed by atoms with E-state index in [0.29, 0.717) is 6.54 Å². The summed E-state index contributed by atoms with van der Waals surface area (Å²) >= 11 is 0. The number of carbonyl (C=O) groups is 3. The Morgan fingerprint density at radius 3 is 2.50 bits per heavy atom. The Bertz CT molecular complexity index is 317. The van der Waals surface area contributed by atoms with E-state index in [9.17, 15) is 14.4 Å². The van der Waals surface area contributed by atoms with E-state index in [1.165, 1.54) is 6.08 Å². The average Bonchev–Trinajstić information content (AvgIpc) is 2.28. The Kier molecular flexibility index (Phi) is 8.00. The van der Waals surface area contributed by atoms with Crippen LogP contribution in [-0.4, -0.2) is 42.1 Å². The van der Waals surface area contributed by atoms with Gasteiger partial charge in [0.15, 0.2) is 0 Å². The van der Waals surface area contributed by atoms with Crippen LogP contribution in [0.15, 0.2) is 12.7 Å². The van der Waals surface area contributed by atoms with Gasteiger partial charge in [-0.05, 0) is 13.3 Å². The first-order chi connectivity index (χ1) is 8.51. The first kappa shape index (κ1) is 16.0. The van der Waals surface area contributed by atoms with Crippen molar-refractivity contribution in [3.8, 4) is 0 Å². The molecule has 7 nitrogen and oxygen atoms in total. The standard InChI is InChI=1S/C11H19N3O4/c1-3-5-8(10(16)17)14-11(18)13-7-6-9(15)12-4-2/h3,8H,1,4-7H2,2H3,(H,12,15)(H,16,17)(H2,13,14,18). The minimum Gasteiger partial charge on any atom is -0.480 e. The van der Waals surface area contributed by atoms with Crippen molar-refractivity contribution in [1.82, 2.24) is 16.0 Å². The molecule has 0 aromatic carbocycles. The van der Waals surface area contributed by atoms with Crippen LogP contribution in [0.5, 0.6) is 0 Å². The van der Waals surface area contributed by atoms with Crippen LogP contribution in [0.2, 0.25) is 0 Å². The third-order valence-electron chi connectivity index (χ3n) is 2.02.